The standard InChI is InChI=1S/C14H18O3/c1-14(2,8-13(15)16)7-10-9-17-12-6-4-3-5-11(10)12/h3-6,10H,7-9H2,1-2H3,(H,15,16). The third-order valence-electron chi connectivity index (χ3n) is 3.23. The van der Waals surface area contributed by atoms with Crippen LogP contribution in [0.25, 0.3) is 0 Å². The van der Waals surface area contributed by atoms with Crippen LogP contribution in [0.3, 0.4) is 0 Å². The molecule has 3 heteroatoms. The van der Waals surface area contributed by atoms with E-state index in [1.165, 1.54) is 5.56 Å². The SMILES string of the molecule is CC(C)(CC(=O)O)CC1COc2ccccc21. The summed E-state index contributed by atoms with van der Waals surface area (Å²) in [4.78, 5) is 10.8. The summed E-state index contributed by atoms with van der Waals surface area (Å²) in [5.74, 6) is 0.534. The van der Waals surface area contributed by atoms with Crippen LogP contribution < -0.4 is 4.74 Å². The highest BCUT2D eigenvalue weighted by atomic mass is 16.5. The van der Waals surface area contributed by atoms with Crippen molar-refractivity contribution in [3.05, 3.63) is 29.8 Å². The van der Waals surface area contributed by atoms with Gasteiger partial charge in [0.1, 0.15) is 5.75 Å². The molecule has 3 nitrogen and oxygen atoms in total. The Balaban J connectivity index is 2.09. The first-order valence-electron chi connectivity index (χ1n) is 5.91. The lowest BCUT2D eigenvalue weighted by Gasteiger charge is -2.25. The van der Waals surface area contributed by atoms with Crippen LogP contribution in [0.4, 0.5) is 0 Å². The predicted molar refractivity (Wildman–Crippen MR) is 65.3 cm³/mol. The second-order valence-electron chi connectivity index (χ2n) is 5.48. The number of ether oxygens (including phenoxy) is 1. The van der Waals surface area contributed by atoms with Gasteiger partial charge in [0.15, 0.2) is 0 Å². The minimum Gasteiger partial charge on any atom is -0.493 e. The predicted octanol–water partition coefficient (Wildman–Crippen LogP) is 3.05. The molecule has 0 fully saturated rings. The van der Waals surface area contributed by atoms with E-state index in [1.807, 2.05) is 32.0 Å². The highest BCUT2D eigenvalue weighted by Gasteiger charge is 2.31. The van der Waals surface area contributed by atoms with Crippen molar-refractivity contribution in [3.8, 4) is 5.75 Å². The Kier molecular flexibility index (Phi) is 3.09. The number of para-hydroxylation sites is 1. The van der Waals surface area contributed by atoms with Crippen molar-refractivity contribution >= 4 is 5.97 Å². The van der Waals surface area contributed by atoms with Gasteiger partial charge in [0.05, 0.1) is 13.0 Å². The number of rotatable bonds is 4. The molecule has 1 aromatic rings. The molecule has 92 valence electrons. The largest absolute Gasteiger partial charge is 0.493 e. The Morgan fingerprint density at radius 1 is 1.47 bits per heavy atom. The maximum atomic E-state index is 10.8. The van der Waals surface area contributed by atoms with E-state index in [1.54, 1.807) is 0 Å². The molecule has 1 atom stereocenters. The van der Waals surface area contributed by atoms with Gasteiger partial charge in [-0.1, -0.05) is 32.0 Å². The molecule has 0 aromatic heterocycles. The fourth-order valence-electron chi connectivity index (χ4n) is 2.55. The highest BCUT2D eigenvalue weighted by Crippen LogP contribution is 2.41. The third kappa shape index (κ3) is 2.78. The van der Waals surface area contributed by atoms with Gasteiger partial charge in [-0.05, 0) is 17.9 Å². The zero-order chi connectivity index (χ0) is 12.5. The fourth-order valence-corrected chi connectivity index (χ4v) is 2.55. The number of hydrogen-bond acceptors (Lipinski definition) is 2. The summed E-state index contributed by atoms with van der Waals surface area (Å²) in [5, 5.41) is 8.89. The van der Waals surface area contributed by atoms with Crippen LogP contribution in [0.1, 0.15) is 38.2 Å². The van der Waals surface area contributed by atoms with E-state index >= 15 is 0 Å². The molecule has 0 amide bonds. The molecule has 0 saturated carbocycles. The number of carbonyl (C=O) groups is 1. The van der Waals surface area contributed by atoms with Crippen molar-refractivity contribution in [1.29, 1.82) is 0 Å². The summed E-state index contributed by atoms with van der Waals surface area (Å²) in [6.45, 7) is 4.67. The summed E-state index contributed by atoms with van der Waals surface area (Å²) in [7, 11) is 0. The van der Waals surface area contributed by atoms with Crippen molar-refractivity contribution in [2.24, 2.45) is 5.41 Å². The molecule has 0 bridgehead atoms. The maximum absolute atomic E-state index is 10.8. The van der Waals surface area contributed by atoms with Crippen LogP contribution >= 0.6 is 0 Å². The number of hydrogen-bond donors (Lipinski definition) is 1. The summed E-state index contributed by atoms with van der Waals surface area (Å²) in [6.07, 6.45) is 1.04. The van der Waals surface area contributed by atoms with Crippen LogP contribution in [0.15, 0.2) is 24.3 Å². The molecular formula is C14H18O3. The van der Waals surface area contributed by atoms with Gasteiger partial charge in [0.25, 0.3) is 0 Å². The molecule has 2 rings (SSSR count). The molecule has 0 aliphatic carbocycles. The Morgan fingerprint density at radius 3 is 2.88 bits per heavy atom. The molecule has 1 N–H and O–H groups in total. The van der Waals surface area contributed by atoms with E-state index in [-0.39, 0.29) is 11.8 Å². The quantitative estimate of drug-likeness (QED) is 0.871. The fraction of sp³-hybridized carbons (Fsp3) is 0.500. The lowest BCUT2D eigenvalue weighted by atomic mass is 9.78. The van der Waals surface area contributed by atoms with E-state index in [0.717, 1.165) is 12.2 Å². The van der Waals surface area contributed by atoms with E-state index in [0.29, 0.717) is 12.5 Å². The summed E-state index contributed by atoms with van der Waals surface area (Å²) in [5.41, 5.74) is 1.02. The Labute approximate surface area is 101 Å². The number of carboxylic acids is 1. The molecule has 0 spiro atoms. The lowest BCUT2D eigenvalue weighted by molar-refractivity contribution is -0.139. The summed E-state index contributed by atoms with van der Waals surface area (Å²) < 4.78 is 5.61. The average molecular weight is 234 g/mol. The van der Waals surface area contributed by atoms with Crippen molar-refractivity contribution in [2.45, 2.75) is 32.6 Å². The van der Waals surface area contributed by atoms with Gasteiger partial charge < -0.3 is 9.84 Å². The molecule has 1 unspecified atom stereocenters. The zero-order valence-electron chi connectivity index (χ0n) is 10.3. The number of aliphatic carboxylic acids is 1. The van der Waals surface area contributed by atoms with Crippen LogP contribution in [0.2, 0.25) is 0 Å². The Bertz CT molecular complexity index is 423. The van der Waals surface area contributed by atoms with Gasteiger partial charge >= 0.3 is 5.97 Å². The molecule has 1 aromatic carbocycles. The van der Waals surface area contributed by atoms with Crippen molar-refractivity contribution < 1.29 is 14.6 Å². The number of carboxylic acid groups (broad SMARTS) is 1. The second kappa shape index (κ2) is 4.40. The average Bonchev–Trinajstić information content (AvgIpc) is 2.59. The van der Waals surface area contributed by atoms with Gasteiger partial charge in [-0.2, -0.15) is 0 Å². The molecule has 1 aliphatic heterocycles. The smallest absolute Gasteiger partial charge is 0.303 e. The Hall–Kier alpha value is -1.51. The monoisotopic (exact) mass is 234 g/mol. The minimum atomic E-state index is -0.734. The van der Waals surface area contributed by atoms with Crippen LogP contribution in [-0.4, -0.2) is 17.7 Å². The van der Waals surface area contributed by atoms with Crippen LogP contribution in [0.5, 0.6) is 5.75 Å². The van der Waals surface area contributed by atoms with Gasteiger partial charge in [-0.15, -0.1) is 0 Å². The van der Waals surface area contributed by atoms with Crippen molar-refractivity contribution in [3.63, 3.8) is 0 Å². The summed E-state index contributed by atoms with van der Waals surface area (Å²) >= 11 is 0. The van der Waals surface area contributed by atoms with E-state index < -0.39 is 5.97 Å². The molecule has 0 saturated heterocycles. The first-order valence-corrected chi connectivity index (χ1v) is 5.91. The lowest BCUT2D eigenvalue weighted by Crippen LogP contribution is -2.20. The highest BCUT2D eigenvalue weighted by molar-refractivity contribution is 5.67. The molecule has 1 aliphatic rings. The Morgan fingerprint density at radius 2 is 2.18 bits per heavy atom. The van der Waals surface area contributed by atoms with E-state index in [2.05, 4.69) is 6.07 Å². The topological polar surface area (TPSA) is 46.5 Å². The van der Waals surface area contributed by atoms with Crippen molar-refractivity contribution in [1.82, 2.24) is 0 Å². The van der Waals surface area contributed by atoms with Gasteiger partial charge in [-0.25, -0.2) is 0 Å². The third-order valence-corrected chi connectivity index (χ3v) is 3.23. The van der Waals surface area contributed by atoms with Crippen molar-refractivity contribution in [2.75, 3.05) is 6.61 Å². The van der Waals surface area contributed by atoms with E-state index in [9.17, 15) is 4.79 Å². The molecule has 1 heterocycles. The normalized spacial score (nSPS) is 18.6. The summed E-state index contributed by atoms with van der Waals surface area (Å²) in [6, 6.07) is 8.01. The molecule has 17 heavy (non-hydrogen) atoms. The first kappa shape index (κ1) is 12.0. The van der Waals surface area contributed by atoms with Crippen LogP contribution in [0, 0.1) is 5.41 Å². The molecular weight excluding hydrogens is 216 g/mol. The van der Waals surface area contributed by atoms with Gasteiger partial charge in [0, 0.05) is 11.5 Å². The van der Waals surface area contributed by atoms with Gasteiger partial charge in [0.2, 0.25) is 0 Å². The second-order valence-corrected chi connectivity index (χ2v) is 5.48. The van der Waals surface area contributed by atoms with Gasteiger partial charge in [-0.3, -0.25) is 4.79 Å². The number of fused-ring (bicyclic) bond motifs is 1. The van der Waals surface area contributed by atoms with E-state index in [4.69, 9.17) is 9.84 Å². The minimum absolute atomic E-state index is 0.197. The molecule has 0 radical (unpaired) electrons. The number of benzene rings is 1. The van der Waals surface area contributed by atoms with Crippen LogP contribution in [-0.2, 0) is 4.79 Å². The zero-order valence-corrected chi connectivity index (χ0v) is 10.3. The maximum Gasteiger partial charge on any atom is 0.303 e. The first-order chi connectivity index (χ1) is 7.98.